The van der Waals surface area contributed by atoms with Gasteiger partial charge in [0.2, 0.25) is 11.8 Å². The summed E-state index contributed by atoms with van der Waals surface area (Å²) in [5.74, 6) is 1.34. The molecule has 9 heteroatoms. The predicted octanol–water partition coefficient (Wildman–Crippen LogP) is 3.19. The number of rotatable bonds is 10. The van der Waals surface area contributed by atoms with Gasteiger partial charge in [-0.05, 0) is 45.7 Å². The van der Waals surface area contributed by atoms with Crippen molar-refractivity contribution in [1.29, 1.82) is 5.26 Å². The van der Waals surface area contributed by atoms with Gasteiger partial charge in [-0.3, -0.25) is 9.59 Å². The number of alkyl carbamates (subject to hydrolysis) is 1. The average Bonchev–Trinajstić information content (AvgIpc) is 2.75. The molecule has 0 fully saturated rings. The molecule has 34 heavy (non-hydrogen) atoms. The Hall–Kier alpha value is -3.17. The van der Waals surface area contributed by atoms with Crippen molar-refractivity contribution in [2.24, 2.45) is 0 Å². The highest BCUT2D eigenvalue weighted by Crippen LogP contribution is 2.26. The fourth-order valence-corrected chi connectivity index (χ4v) is 3.60. The second-order valence-corrected chi connectivity index (χ2v) is 9.20. The third kappa shape index (κ3) is 8.64. The van der Waals surface area contributed by atoms with E-state index >= 15 is 0 Å². The summed E-state index contributed by atoms with van der Waals surface area (Å²) in [5.41, 5.74) is 0.0542. The standard InChI is InChI=1S/C25H34N4O4S/c1-7-11-17(3)27-22(30)21(19-13-10-9-12-18(19)8-2)29(15-14-26)23(31)20(16-34)28-24(32)33-25(4,5)6/h2,9-10,12-13,17,20-21,34H,7,11,15-16H2,1,3-6H3,(H,27,30)(H,28,32). The van der Waals surface area contributed by atoms with E-state index in [1.807, 2.05) is 19.9 Å². The van der Waals surface area contributed by atoms with Gasteiger partial charge < -0.3 is 20.3 Å². The molecule has 3 amide bonds. The van der Waals surface area contributed by atoms with E-state index in [0.717, 1.165) is 17.7 Å². The second kappa shape index (κ2) is 13.5. The lowest BCUT2D eigenvalue weighted by Crippen LogP contribution is -2.54. The van der Waals surface area contributed by atoms with Crippen molar-refractivity contribution in [3.05, 3.63) is 35.4 Å². The van der Waals surface area contributed by atoms with Gasteiger partial charge in [-0.2, -0.15) is 17.9 Å². The van der Waals surface area contributed by atoms with E-state index in [1.165, 1.54) is 0 Å². The van der Waals surface area contributed by atoms with Crippen LogP contribution in [0.3, 0.4) is 0 Å². The third-order valence-corrected chi connectivity index (χ3v) is 5.14. The molecule has 0 aliphatic heterocycles. The number of ether oxygens (including phenoxy) is 1. The molecule has 3 unspecified atom stereocenters. The van der Waals surface area contributed by atoms with Crippen LogP contribution in [0.1, 0.15) is 64.6 Å². The van der Waals surface area contributed by atoms with E-state index in [1.54, 1.807) is 45.0 Å². The number of thiol groups is 1. The maximum absolute atomic E-state index is 13.5. The topological polar surface area (TPSA) is 112 Å². The first-order chi connectivity index (χ1) is 16.0. The van der Waals surface area contributed by atoms with Crippen LogP contribution in [-0.2, 0) is 14.3 Å². The Morgan fingerprint density at radius 3 is 2.41 bits per heavy atom. The molecule has 0 aliphatic rings. The van der Waals surface area contributed by atoms with E-state index in [0.29, 0.717) is 11.1 Å². The minimum atomic E-state index is -1.18. The molecule has 0 bridgehead atoms. The zero-order valence-electron chi connectivity index (χ0n) is 20.4. The fourth-order valence-electron chi connectivity index (χ4n) is 3.35. The number of carbonyl (C=O) groups excluding carboxylic acids is 3. The molecule has 0 aromatic heterocycles. The highest BCUT2D eigenvalue weighted by Gasteiger charge is 2.37. The summed E-state index contributed by atoms with van der Waals surface area (Å²) in [6.45, 7) is 8.54. The van der Waals surface area contributed by atoms with Crippen LogP contribution in [0.4, 0.5) is 4.79 Å². The zero-order valence-corrected chi connectivity index (χ0v) is 21.3. The van der Waals surface area contributed by atoms with Crippen LogP contribution >= 0.6 is 12.6 Å². The molecule has 1 rings (SSSR count). The van der Waals surface area contributed by atoms with Crippen LogP contribution in [0, 0.1) is 23.7 Å². The molecule has 0 saturated heterocycles. The quantitative estimate of drug-likeness (QED) is 0.267. The minimum Gasteiger partial charge on any atom is -0.444 e. The summed E-state index contributed by atoms with van der Waals surface area (Å²) in [4.78, 5) is 40.4. The lowest BCUT2D eigenvalue weighted by atomic mass is 9.97. The highest BCUT2D eigenvalue weighted by molar-refractivity contribution is 7.80. The number of amides is 3. The van der Waals surface area contributed by atoms with Gasteiger partial charge in [0, 0.05) is 17.4 Å². The lowest BCUT2D eigenvalue weighted by molar-refractivity contribution is -0.141. The zero-order chi connectivity index (χ0) is 25.9. The van der Waals surface area contributed by atoms with E-state index in [-0.39, 0.29) is 11.8 Å². The summed E-state index contributed by atoms with van der Waals surface area (Å²) >= 11 is 4.20. The van der Waals surface area contributed by atoms with Crippen molar-refractivity contribution >= 4 is 30.5 Å². The Morgan fingerprint density at radius 1 is 1.24 bits per heavy atom. The Labute approximate surface area is 207 Å². The van der Waals surface area contributed by atoms with Crippen molar-refractivity contribution in [3.8, 4) is 18.4 Å². The van der Waals surface area contributed by atoms with E-state index in [4.69, 9.17) is 11.2 Å². The maximum atomic E-state index is 13.5. The molecule has 3 atom stereocenters. The Morgan fingerprint density at radius 2 is 1.88 bits per heavy atom. The monoisotopic (exact) mass is 486 g/mol. The van der Waals surface area contributed by atoms with Crippen molar-refractivity contribution in [2.75, 3.05) is 12.3 Å². The Bertz CT molecular complexity index is 945. The normalized spacial score (nSPS) is 13.4. The fraction of sp³-hybridized carbons (Fsp3) is 0.520. The molecule has 0 aliphatic carbocycles. The van der Waals surface area contributed by atoms with Crippen LogP contribution in [0.5, 0.6) is 0 Å². The first-order valence-electron chi connectivity index (χ1n) is 11.1. The van der Waals surface area contributed by atoms with Gasteiger partial charge in [-0.15, -0.1) is 6.42 Å². The van der Waals surface area contributed by atoms with Gasteiger partial charge >= 0.3 is 6.09 Å². The maximum Gasteiger partial charge on any atom is 0.408 e. The van der Waals surface area contributed by atoms with Crippen molar-refractivity contribution in [3.63, 3.8) is 0 Å². The van der Waals surface area contributed by atoms with Crippen molar-refractivity contribution in [1.82, 2.24) is 15.5 Å². The van der Waals surface area contributed by atoms with E-state index < -0.39 is 42.1 Å². The van der Waals surface area contributed by atoms with Gasteiger partial charge in [-0.25, -0.2) is 4.79 Å². The largest absolute Gasteiger partial charge is 0.444 e. The summed E-state index contributed by atoms with van der Waals surface area (Å²) < 4.78 is 5.24. The van der Waals surface area contributed by atoms with Crippen LogP contribution in [-0.4, -0.2) is 52.8 Å². The van der Waals surface area contributed by atoms with Crippen LogP contribution in [0.25, 0.3) is 0 Å². The summed E-state index contributed by atoms with van der Waals surface area (Å²) in [6, 6.07) is 6.22. The van der Waals surface area contributed by atoms with Gasteiger partial charge in [0.1, 0.15) is 24.2 Å². The molecule has 0 radical (unpaired) electrons. The van der Waals surface area contributed by atoms with Crippen molar-refractivity contribution in [2.45, 2.75) is 71.2 Å². The summed E-state index contributed by atoms with van der Waals surface area (Å²) in [7, 11) is 0. The molecule has 0 spiro atoms. The number of nitriles is 1. The first-order valence-corrected chi connectivity index (χ1v) is 11.8. The molecule has 2 N–H and O–H groups in total. The number of nitrogens with one attached hydrogen (secondary N) is 2. The predicted molar refractivity (Wildman–Crippen MR) is 134 cm³/mol. The smallest absolute Gasteiger partial charge is 0.408 e. The average molecular weight is 487 g/mol. The van der Waals surface area contributed by atoms with Crippen LogP contribution in [0.2, 0.25) is 0 Å². The highest BCUT2D eigenvalue weighted by atomic mass is 32.1. The number of benzene rings is 1. The van der Waals surface area contributed by atoms with Gasteiger partial charge in [0.05, 0.1) is 6.07 Å². The van der Waals surface area contributed by atoms with Crippen LogP contribution in [0.15, 0.2) is 24.3 Å². The second-order valence-electron chi connectivity index (χ2n) is 8.84. The number of carbonyl (C=O) groups is 3. The third-order valence-electron chi connectivity index (χ3n) is 4.78. The molecular weight excluding hydrogens is 452 g/mol. The molecule has 0 saturated carbocycles. The number of nitrogens with zero attached hydrogens (tertiary/aromatic N) is 2. The lowest BCUT2D eigenvalue weighted by Gasteiger charge is -2.33. The number of hydrogen-bond acceptors (Lipinski definition) is 6. The summed E-state index contributed by atoms with van der Waals surface area (Å²) in [6.07, 6.45) is 6.45. The van der Waals surface area contributed by atoms with Gasteiger partial charge in [0.15, 0.2) is 0 Å². The summed E-state index contributed by atoms with van der Waals surface area (Å²) in [5, 5.41) is 14.9. The molecular formula is C25H34N4O4S. The van der Waals surface area contributed by atoms with Gasteiger partial charge in [0.25, 0.3) is 0 Å². The Kier molecular flexibility index (Phi) is 11.5. The molecule has 0 heterocycles. The molecule has 1 aromatic carbocycles. The first kappa shape index (κ1) is 28.9. The Balaban J connectivity index is 3.43. The van der Waals surface area contributed by atoms with Gasteiger partial charge in [-0.1, -0.05) is 37.5 Å². The van der Waals surface area contributed by atoms with Crippen LogP contribution < -0.4 is 10.6 Å². The molecule has 8 nitrogen and oxygen atoms in total. The van der Waals surface area contributed by atoms with Crippen molar-refractivity contribution < 1.29 is 19.1 Å². The minimum absolute atomic E-state index is 0.0721. The molecule has 184 valence electrons. The number of terminal acetylenes is 1. The van der Waals surface area contributed by atoms with E-state index in [9.17, 15) is 19.6 Å². The van der Waals surface area contributed by atoms with E-state index in [2.05, 4.69) is 29.2 Å². The SMILES string of the molecule is C#Cc1ccccc1C(C(=O)NC(C)CCC)N(CC#N)C(=O)C(CS)NC(=O)OC(C)(C)C. The molecule has 1 aromatic rings. The number of hydrogen-bond donors (Lipinski definition) is 3.